The largest absolute Gasteiger partial charge is 0.496 e. The molecule has 0 saturated heterocycles. The summed E-state index contributed by atoms with van der Waals surface area (Å²) in [6, 6.07) is 14.1. The number of ether oxygens (including phenoxy) is 1. The number of benzene rings is 2. The van der Waals surface area contributed by atoms with Crippen molar-refractivity contribution in [2.45, 2.75) is 6.92 Å². The average Bonchev–Trinajstić information content (AvgIpc) is 2.96. The summed E-state index contributed by atoms with van der Waals surface area (Å²) in [7, 11) is 1.67. The van der Waals surface area contributed by atoms with E-state index in [9.17, 15) is 0 Å². The molecule has 0 aliphatic carbocycles. The fourth-order valence-electron chi connectivity index (χ4n) is 2.68. The van der Waals surface area contributed by atoms with Crippen LogP contribution >= 0.6 is 0 Å². The van der Waals surface area contributed by atoms with Gasteiger partial charge >= 0.3 is 0 Å². The number of hydrogen-bond donors (Lipinski definition) is 1. The SMILES string of the molecule is COc1cccc2ncc(-c3nc4cc(C)ccc4[nH]3)cc12. The van der Waals surface area contributed by atoms with Gasteiger partial charge in [-0.3, -0.25) is 4.98 Å². The predicted octanol–water partition coefficient (Wildman–Crippen LogP) is 4.10. The maximum atomic E-state index is 5.42. The lowest BCUT2D eigenvalue weighted by Gasteiger charge is -2.05. The Labute approximate surface area is 127 Å². The van der Waals surface area contributed by atoms with Crippen LogP contribution in [0.5, 0.6) is 5.75 Å². The maximum Gasteiger partial charge on any atom is 0.140 e. The number of hydrogen-bond acceptors (Lipinski definition) is 3. The van der Waals surface area contributed by atoms with Crippen molar-refractivity contribution in [3.8, 4) is 17.1 Å². The normalized spacial score (nSPS) is 11.2. The Kier molecular flexibility index (Phi) is 2.82. The van der Waals surface area contributed by atoms with Gasteiger partial charge < -0.3 is 9.72 Å². The van der Waals surface area contributed by atoms with Crippen molar-refractivity contribution in [1.82, 2.24) is 15.0 Å². The van der Waals surface area contributed by atoms with E-state index in [2.05, 4.69) is 46.1 Å². The number of rotatable bonds is 2. The Morgan fingerprint density at radius 1 is 1.05 bits per heavy atom. The van der Waals surface area contributed by atoms with Gasteiger partial charge in [0.2, 0.25) is 0 Å². The van der Waals surface area contributed by atoms with Gasteiger partial charge in [-0.15, -0.1) is 0 Å². The molecule has 2 aromatic heterocycles. The number of fused-ring (bicyclic) bond motifs is 2. The summed E-state index contributed by atoms with van der Waals surface area (Å²) < 4.78 is 5.42. The van der Waals surface area contributed by atoms with Gasteiger partial charge in [0.25, 0.3) is 0 Å². The average molecular weight is 289 g/mol. The van der Waals surface area contributed by atoms with Gasteiger partial charge in [-0.25, -0.2) is 4.98 Å². The summed E-state index contributed by atoms with van der Waals surface area (Å²) in [4.78, 5) is 12.5. The number of aryl methyl sites for hydroxylation is 1. The zero-order valence-corrected chi connectivity index (χ0v) is 12.4. The lowest BCUT2D eigenvalue weighted by Crippen LogP contribution is -1.88. The maximum absolute atomic E-state index is 5.42. The van der Waals surface area contributed by atoms with E-state index in [0.717, 1.165) is 39.1 Å². The summed E-state index contributed by atoms with van der Waals surface area (Å²) in [5.41, 5.74) is 5.06. The van der Waals surface area contributed by atoms with Crippen molar-refractivity contribution in [1.29, 1.82) is 0 Å². The highest BCUT2D eigenvalue weighted by molar-refractivity contribution is 5.89. The van der Waals surface area contributed by atoms with E-state index in [1.54, 1.807) is 7.11 Å². The minimum atomic E-state index is 0.818. The van der Waals surface area contributed by atoms with E-state index in [1.165, 1.54) is 5.56 Å². The van der Waals surface area contributed by atoms with Gasteiger partial charge in [0, 0.05) is 17.1 Å². The Morgan fingerprint density at radius 2 is 1.95 bits per heavy atom. The summed E-state index contributed by atoms with van der Waals surface area (Å²) in [5, 5.41) is 0.985. The van der Waals surface area contributed by atoms with Crippen molar-refractivity contribution in [2.24, 2.45) is 0 Å². The standard InChI is InChI=1S/C18H15N3O/c1-11-6-7-15-16(8-11)21-18(20-15)12-9-13-14(19-10-12)4-3-5-17(13)22-2/h3-10H,1-2H3,(H,20,21). The Morgan fingerprint density at radius 3 is 2.82 bits per heavy atom. The van der Waals surface area contributed by atoms with Crippen molar-refractivity contribution in [3.05, 3.63) is 54.2 Å². The second-order valence-corrected chi connectivity index (χ2v) is 5.36. The smallest absolute Gasteiger partial charge is 0.140 e. The molecular weight excluding hydrogens is 274 g/mol. The van der Waals surface area contributed by atoms with Gasteiger partial charge in [0.15, 0.2) is 0 Å². The molecule has 0 aliphatic rings. The van der Waals surface area contributed by atoms with Crippen LogP contribution in [0.15, 0.2) is 48.7 Å². The second kappa shape index (κ2) is 4.84. The van der Waals surface area contributed by atoms with Crippen molar-refractivity contribution in [3.63, 3.8) is 0 Å². The summed E-state index contributed by atoms with van der Waals surface area (Å²) >= 11 is 0. The number of aromatic nitrogens is 3. The quantitative estimate of drug-likeness (QED) is 0.604. The first-order valence-electron chi connectivity index (χ1n) is 7.14. The molecule has 2 aromatic carbocycles. The van der Waals surface area contributed by atoms with Crippen LogP contribution in [0.3, 0.4) is 0 Å². The van der Waals surface area contributed by atoms with E-state index >= 15 is 0 Å². The van der Waals surface area contributed by atoms with Gasteiger partial charge in [0.05, 0.1) is 23.7 Å². The van der Waals surface area contributed by atoms with Crippen LogP contribution in [-0.2, 0) is 0 Å². The van der Waals surface area contributed by atoms with E-state index in [4.69, 9.17) is 4.74 Å². The first-order valence-corrected chi connectivity index (χ1v) is 7.14. The Balaban J connectivity index is 1.91. The molecule has 22 heavy (non-hydrogen) atoms. The molecule has 4 aromatic rings. The molecule has 4 rings (SSSR count). The molecular formula is C18H15N3O. The molecule has 0 radical (unpaired) electrons. The second-order valence-electron chi connectivity index (χ2n) is 5.36. The van der Waals surface area contributed by atoms with Crippen molar-refractivity contribution >= 4 is 21.9 Å². The fraction of sp³-hybridized carbons (Fsp3) is 0.111. The topological polar surface area (TPSA) is 50.8 Å². The van der Waals surface area contributed by atoms with E-state index in [-0.39, 0.29) is 0 Å². The Bertz CT molecular complexity index is 988. The number of imidazole rings is 1. The fourth-order valence-corrected chi connectivity index (χ4v) is 2.68. The van der Waals surface area contributed by atoms with Gasteiger partial charge in [0.1, 0.15) is 11.6 Å². The van der Waals surface area contributed by atoms with E-state index < -0.39 is 0 Å². The van der Waals surface area contributed by atoms with Crippen LogP contribution in [0.4, 0.5) is 0 Å². The van der Waals surface area contributed by atoms with Crippen LogP contribution in [0.25, 0.3) is 33.3 Å². The zero-order chi connectivity index (χ0) is 15.1. The third-order valence-electron chi connectivity index (χ3n) is 3.82. The van der Waals surface area contributed by atoms with E-state index in [0.29, 0.717) is 0 Å². The van der Waals surface area contributed by atoms with Crippen molar-refractivity contribution in [2.75, 3.05) is 7.11 Å². The molecule has 1 N–H and O–H groups in total. The number of methoxy groups -OCH3 is 1. The highest BCUT2D eigenvalue weighted by Gasteiger charge is 2.09. The molecule has 0 amide bonds. The number of H-pyrrole nitrogens is 1. The molecule has 4 nitrogen and oxygen atoms in total. The number of nitrogens with zero attached hydrogens (tertiary/aromatic N) is 2. The van der Waals surface area contributed by atoms with Crippen LogP contribution in [0.2, 0.25) is 0 Å². The van der Waals surface area contributed by atoms with Gasteiger partial charge in [-0.2, -0.15) is 0 Å². The summed E-state index contributed by atoms with van der Waals surface area (Å²) in [6.07, 6.45) is 1.84. The predicted molar refractivity (Wildman–Crippen MR) is 88.1 cm³/mol. The Hall–Kier alpha value is -2.88. The monoisotopic (exact) mass is 289 g/mol. The summed E-state index contributed by atoms with van der Waals surface area (Å²) in [5.74, 6) is 1.64. The number of pyridine rings is 1. The molecule has 0 unspecified atom stereocenters. The van der Waals surface area contributed by atoms with E-state index in [1.807, 2.05) is 24.4 Å². The lowest BCUT2D eigenvalue weighted by molar-refractivity contribution is 0.420. The molecule has 4 heteroatoms. The molecule has 0 aliphatic heterocycles. The molecule has 0 fully saturated rings. The van der Waals surface area contributed by atoms with Crippen molar-refractivity contribution < 1.29 is 4.74 Å². The van der Waals surface area contributed by atoms with Crippen LogP contribution in [0, 0.1) is 6.92 Å². The molecule has 0 saturated carbocycles. The minimum absolute atomic E-state index is 0.818. The molecule has 0 atom stereocenters. The first kappa shape index (κ1) is 12.8. The van der Waals surface area contributed by atoms with Crippen LogP contribution in [0.1, 0.15) is 5.56 Å². The first-order chi connectivity index (χ1) is 10.7. The highest BCUT2D eigenvalue weighted by Crippen LogP contribution is 2.28. The summed E-state index contributed by atoms with van der Waals surface area (Å²) in [6.45, 7) is 2.07. The molecule has 108 valence electrons. The number of nitrogens with one attached hydrogen (secondary N) is 1. The molecule has 0 spiro atoms. The van der Waals surface area contributed by atoms with Crippen LogP contribution in [-0.4, -0.2) is 22.1 Å². The minimum Gasteiger partial charge on any atom is -0.496 e. The third kappa shape index (κ3) is 2.00. The number of aromatic amines is 1. The third-order valence-corrected chi connectivity index (χ3v) is 3.82. The molecule has 0 bridgehead atoms. The molecule has 2 heterocycles. The van der Waals surface area contributed by atoms with Gasteiger partial charge in [-0.05, 0) is 42.8 Å². The lowest BCUT2D eigenvalue weighted by atomic mass is 10.1. The van der Waals surface area contributed by atoms with Gasteiger partial charge in [-0.1, -0.05) is 12.1 Å². The zero-order valence-electron chi connectivity index (χ0n) is 12.4. The highest BCUT2D eigenvalue weighted by atomic mass is 16.5. The van der Waals surface area contributed by atoms with Crippen LogP contribution < -0.4 is 4.74 Å².